The van der Waals surface area contributed by atoms with Crippen LogP contribution in [0.3, 0.4) is 0 Å². The summed E-state index contributed by atoms with van der Waals surface area (Å²) in [5.74, 6) is 0.234. The zero-order valence-corrected chi connectivity index (χ0v) is 13.9. The number of hydrogen-bond acceptors (Lipinski definition) is 4. The van der Waals surface area contributed by atoms with E-state index in [4.69, 9.17) is 4.74 Å². The minimum Gasteiger partial charge on any atom is -0.507 e. The van der Waals surface area contributed by atoms with E-state index in [1.807, 2.05) is 26.0 Å². The first-order valence-electron chi connectivity index (χ1n) is 7.48. The van der Waals surface area contributed by atoms with Crippen molar-refractivity contribution in [1.29, 1.82) is 0 Å². The number of aryl methyl sites for hydroxylation is 1. The van der Waals surface area contributed by atoms with Gasteiger partial charge in [-0.25, -0.2) is 0 Å². The van der Waals surface area contributed by atoms with Crippen LogP contribution in [-0.4, -0.2) is 41.1 Å². The number of phenols is 1. The lowest BCUT2D eigenvalue weighted by Gasteiger charge is -2.25. The lowest BCUT2D eigenvalue weighted by molar-refractivity contribution is 0.0739. The normalized spacial score (nSPS) is 11.8. The molecule has 0 saturated heterocycles. The number of hydrogen-bond donors (Lipinski definition) is 1. The van der Waals surface area contributed by atoms with Crippen LogP contribution in [0.15, 0.2) is 36.5 Å². The Balaban J connectivity index is 2.15. The molecule has 0 aliphatic heterocycles. The number of pyridine rings is 1. The Morgan fingerprint density at radius 2 is 2.09 bits per heavy atom. The van der Waals surface area contributed by atoms with Gasteiger partial charge >= 0.3 is 0 Å². The van der Waals surface area contributed by atoms with Crippen LogP contribution in [0.5, 0.6) is 11.5 Å². The highest BCUT2D eigenvalue weighted by Crippen LogP contribution is 2.24. The van der Waals surface area contributed by atoms with Crippen LogP contribution in [0.2, 0.25) is 0 Å². The maximum atomic E-state index is 12.6. The first-order chi connectivity index (χ1) is 10.9. The third kappa shape index (κ3) is 4.00. The number of likely N-dealkylation sites (N-methyl/N-ethyl adjacent to an activating group) is 1. The molecule has 1 aromatic carbocycles. The Hall–Kier alpha value is -2.56. The highest BCUT2D eigenvalue weighted by atomic mass is 16.5. The summed E-state index contributed by atoms with van der Waals surface area (Å²) in [6.45, 7) is 3.97. The van der Waals surface area contributed by atoms with E-state index in [1.165, 1.54) is 13.2 Å². The first kappa shape index (κ1) is 16.8. The van der Waals surface area contributed by atoms with Gasteiger partial charge in [0, 0.05) is 31.4 Å². The van der Waals surface area contributed by atoms with Crippen molar-refractivity contribution in [1.82, 2.24) is 9.88 Å². The molecule has 1 heterocycles. The van der Waals surface area contributed by atoms with Crippen LogP contribution >= 0.6 is 0 Å². The number of phenolic OH excluding ortho intramolecular Hbond substituents is 1. The lowest BCUT2D eigenvalue weighted by Crippen LogP contribution is -2.36. The van der Waals surface area contributed by atoms with Crippen LogP contribution in [0.25, 0.3) is 0 Å². The number of methoxy groups -OCH3 is 1. The molecule has 0 bridgehead atoms. The number of carbonyl (C=O) groups is 1. The van der Waals surface area contributed by atoms with Gasteiger partial charge in [-0.05, 0) is 49.7 Å². The molecule has 0 aliphatic rings. The molecule has 1 aromatic heterocycles. The molecule has 2 aromatic rings. The number of ether oxygens (including phenoxy) is 1. The molecule has 23 heavy (non-hydrogen) atoms. The minimum atomic E-state index is -0.249. The fraction of sp³-hybridized carbons (Fsp3) is 0.333. The van der Waals surface area contributed by atoms with Crippen molar-refractivity contribution in [3.8, 4) is 11.5 Å². The Morgan fingerprint density at radius 1 is 1.35 bits per heavy atom. The van der Waals surface area contributed by atoms with Crippen LogP contribution in [0.1, 0.15) is 28.5 Å². The molecule has 5 nitrogen and oxygen atoms in total. The topological polar surface area (TPSA) is 62.7 Å². The van der Waals surface area contributed by atoms with E-state index in [0.717, 1.165) is 11.3 Å². The third-order valence-electron chi connectivity index (χ3n) is 3.89. The van der Waals surface area contributed by atoms with Gasteiger partial charge < -0.3 is 14.7 Å². The first-order valence-corrected chi connectivity index (χ1v) is 7.48. The van der Waals surface area contributed by atoms with Crippen molar-refractivity contribution < 1.29 is 14.6 Å². The molecule has 0 unspecified atom stereocenters. The quantitative estimate of drug-likeness (QED) is 0.922. The fourth-order valence-electron chi connectivity index (χ4n) is 2.35. The van der Waals surface area contributed by atoms with E-state index < -0.39 is 0 Å². The van der Waals surface area contributed by atoms with Crippen molar-refractivity contribution in [2.24, 2.45) is 0 Å². The second-order valence-electron chi connectivity index (χ2n) is 5.68. The summed E-state index contributed by atoms with van der Waals surface area (Å²) >= 11 is 0. The molecule has 122 valence electrons. The molecular formula is C18H22N2O3. The molecule has 2 rings (SSSR count). The standard InChI is InChI=1S/C18H22N2O3/c1-12-7-8-19-14(9-12)10-13(2)20(3)18(22)16-11-15(23-4)5-6-17(16)21/h5-9,11,13,21H,10H2,1-4H3/t13-/m0/s1. The Bertz CT molecular complexity index is 700. The number of carbonyl (C=O) groups excluding carboxylic acids is 1. The van der Waals surface area contributed by atoms with E-state index in [2.05, 4.69) is 4.98 Å². The SMILES string of the molecule is COc1ccc(O)c(C(=O)N(C)[C@@H](C)Cc2cc(C)ccn2)c1. The van der Waals surface area contributed by atoms with Crippen molar-refractivity contribution in [2.75, 3.05) is 14.2 Å². The van der Waals surface area contributed by atoms with Crippen molar-refractivity contribution in [3.63, 3.8) is 0 Å². The number of nitrogens with zero attached hydrogens (tertiary/aromatic N) is 2. The van der Waals surface area contributed by atoms with Crippen LogP contribution in [0.4, 0.5) is 0 Å². The molecule has 0 radical (unpaired) electrons. The number of benzene rings is 1. The van der Waals surface area contributed by atoms with E-state index in [1.54, 1.807) is 30.3 Å². The largest absolute Gasteiger partial charge is 0.507 e. The summed E-state index contributed by atoms with van der Waals surface area (Å²) in [6, 6.07) is 8.53. The average Bonchev–Trinajstić information content (AvgIpc) is 2.54. The van der Waals surface area contributed by atoms with Crippen LogP contribution in [0, 0.1) is 6.92 Å². The van der Waals surface area contributed by atoms with Gasteiger partial charge in [-0.15, -0.1) is 0 Å². The summed E-state index contributed by atoms with van der Waals surface area (Å²) < 4.78 is 5.12. The van der Waals surface area contributed by atoms with Gasteiger partial charge in [0.2, 0.25) is 0 Å². The Kier molecular flexibility index (Phi) is 5.21. The van der Waals surface area contributed by atoms with Gasteiger partial charge in [0.15, 0.2) is 0 Å². The molecule has 0 saturated carbocycles. The zero-order chi connectivity index (χ0) is 17.0. The van der Waals surface area contributed by atoms with Crippen molar-refractivity contribution >= 4 is 5.91 Å². The monoisotopic (exact) mass is 314 g/mol. The molecule has 0 spiro atoms. The van der Waals surface area contributed by atoms with Gasteiger partial charge in [0.25, 0.3) is 5.91 Å². The fourth-order valence-corrected chi connectivity index (χ4v) is 2.35. The smallest absolute Gasteiger partial charge is 0.257 e. The predicted molar refractivity (Wildman–Crippen MR) is 88.9 cm³/mol. The molecule has 1 amide bonds. The number of aromatic nitrogens is 1. The van der Waals surface area contributed by atoms with Gasteiger partial charge in [-0.2, -0.15) is 0 Å². The highest BCUT2D eigenvalue weighted by molar-refractivity contribution is 5.97. The molecule has 5 heteroatoms. The number of amides is 1. The molecule has 0 fully saturated rings. The van der Waals surface area contributed by atoms with Crippen LogP contribution in [-0.2, 0) is 6.42 Å². The van der Waals surface area contributed by atoms with E-state index in [9.17, 15) is 9.90 Å². The summed E-state index contributed by atoms with van der Waals surface area (Å²) in [5, 5.41) is 9.94. The van der Waals surface area contributed by atoms with Gasteiger partial charge in [-0.1, -0.05) is 0 Å². The second kappa shape index (κ2) is 7.13. The summed E-state index contributed by atoms with van der Waals surface area (Å²) in [4.78, 5) is 18.6. The summed E-state index contributed by atoms with van der Waals surface area (Å²) in [7, 11) is 3.25. The highest BCUT2D eigenvalue weighted by Gasteiger charge is 2.21. The predicted octanol–water partition coefficient (Wildman–Crippen LogP) is 2.81. The van der Waals surface area contributed by atoms with Crippen molar-refractivity contribution in [2.45, 2.75) is 26.3 Å². The van der Waals surface area contributed by atoms with E-state index in [0.29, 0.717) is 12.2 Å². The van der Waals surface area contributed by atoms with Gasteiger partial charge in [0.1, 0.15) is 11.5 Å². The van der Waals surface area contributed by atoms with Gasteiger partial charge in [0.05, 0.1) is 12.7 Å². The molecule has 1 N–H and O–H groups in total. The number of aromatic hydroxyl groups is 1. The Morgan fingerprint density at radius 3 is 2.74 bits per heavy atom. The maximum Gasteiger partial charge on any atom is 0.257 e. The second-order valence-corrected chi connectivity index (χ2v) is 5.68. The average molecular weight is 314 g/mol. The number of rotatable bonds is 5. The third-order valence-corrected chi connectivity index (χ3v) is 3.89. The summed E-state index contributed by atoms with van der Waals surface area (Å²) in [5.41, 5.74) is 2.31. The zero-order valence-electron chi connectivity index (χ0n) is 13.9. The maximum absolute atomic E-state index is 12.6. The lowest BCUT2D eigenvalue weighted by atomic mass is 10.1. The van der Waals surface area contributed by atoms with E-state index >= 15 is 0 Å². The van der Waals surface area contributed by atoms with Gasteiger partial charge in [-0.3, -0.25) is 9.78 Å². The van der Waals surface area contributed by atoms with E-state index in [-0.39, 0.29) is 23.3 Å². The van der Waals surface area contributed by atoms with Crippen molar-refractivity contribution in [3.05, 3.63) is 53.3 Å². The minimum absolute atomic E-state index is 0.0523. The summed E-state index contributed by atoms with van der Waals surface area (Å²) in [6.07, 6.45) is 2.42. The molecular weight excluding hydrogens is 292 g/mol. The molecule has 0 aliphatic carbocycles. The van der Waals surface area contributed by atoms with Crippen LogP contribution < -0.4 is 4.74 Å². The molecule has 1 atom stereocenters. The Labute approximate surface area is 136 Å².